The molecule has 0 saturated carbocycles. The Balaban J connectivity index is 0.527. The molecule has 0 fully saturated rings. The molecule has 26 heteroatoms. The van der Waals surface area contributed by atoms with Crippen LogP contribution in [0.3, 0.4) is 0 Å². The predicted molar refractivity (Wildman–Crippen MR) is 617 cm³/mol. The van der Waals surface area contributed by atoms with Gasteiger partial charge < -0.3 is 53.1 Å². The summed E-state index contributed by atoms with van der Waals surface area (Å²) in [6.07, 6.45) is 17.0. The van der Waals surface area contributed by atoms with Gasteiger partial charge in [0.05, 0.1) is 39.6 Å². The highest BCUT2D eigenvalue weighted by Crippen LogP contribution is 2.84. The van der Waals surface area contributed by atoms with Crippen LogP contribution in [0.15, 0.2) is 273 Å². The Labute approximate surface area is 870 Å². The lowest BCUT2D eigenvalue weighted by Crippen LogP contribution is -2.58. The van der Waals surface area contributed by atoms with Crippen LogP contribution in [0, 0.1) is 0 Å². The largest absolute Gasteiger partial charge is 0.494 e. The zero-order valence-electron chi connectivity index (χ0n) is 86.0. The van der Waals surface area contributed by atoms with Crippen molar-refractivity contribution in [2.75, 3.05) is 39.6 Å². The van der Waals surface area contributed by atoms with E-state index in [-0.39, 0.29) is 8.16 Å². The van der Waals surface area contributed by atoms with E-state index in [0.717, 1.165) is 161 Å². The molecule has 0 radical (unpaired) electrons. The molecule has 12 nitrogen and oxygen atoms in total. The van der Waals surface area contributed by atoms with Crippen molar-refractivity contribution in [1.29, 1.82) is 0 Å². The molecule has 0 saturated heterocycles. The fourth-order valence-electron chi connectivity index (χ4n) is 19.6. The first-order chi connectivity index (χ1) is 67.1. The van der Waals surface area contributed by atoms with E-state index in [1.165, 1.54) is 107 Å². The van der Waals surface area contributed by atoms with E-state index in [2.05, 4.69) is 381 Å². The number of hydrogen-bond acceptors (Lipinski definition) is 18. The Morgan fingerprint density at radius 3 is 0.614 bits per heavy atom. The zero-order chi connectivity index (χ0) is 98.8. The number of unbranched alkanes of at least 4 members (excludes halogenated alkanes) is 12. The molecule has 744 valence electrons. The van der Waals surface area contributed by atoms with E-state index in [1.54, 1.807) is 0 Å². The summed E-state index contributed by atoms with van der Waals surface area (Å²) >= 11 is 12.2. The summed E-state index contributed by atoms with van der Waals surface area (Å²) in [7, 11) is -18.2. The van der Waals surface area contributed by atoms with E-state index >= 15 is 0 Å². The van der Waals surface area contributed by atoms with Gasteiger partial charge in [0.2, 0.25) is 0 Å². The van der Waals surface area contributed by atoms with Gasteiger partial charge >= 0.3 is 34.2 Å². The minimum absolute atomic E-state index is 0.350. The summed E-state index contributed by atoms with van der Waals surface area (Å²) in [6, 6.07) is 91.2. The molecule has 12 aromatic rings. The number of thioether (sulfide) groups is 4. The van der Waals surface area contributed by atoms with Crippen LogP contribution in [-0.2, 0) is 32.8 Å². The number of rotatable bonds is 54. The fourth-order valence-corrected chi connectivity index (χ4v) is 67.4. The van der Waals surface area contributed by atoms with Gasteiger partial charge in [0.25, 0.3) is 0 Å². The number of thiophene rings is 2. The molecule has 0 bridgehead atoms. The molecule has 3 aliphatic rings. The first-order valence-corrected chi connectivity index (χ1v) is 79.8. The third kappa shape index (κ3) is 29.2. The Kier molecular flexibility index (Phi) is 37.1. The van der Waals surface area contributed by atoms with Crippen LogP contribution in [0.25, 0.3) is 77.9 Å². The predicted octanol–water partition coefficient (Wildman–Crippen LogP) is 36.3. The summed E-state index contributed by atoms with van der Waals surface area (Å²) in [5, 5.41) is 4.92. The number of fused-ring (bicyclic) bond motifs is 8. The molecule has 10 aromatic carbocycles. The number of ether oxygens (including phenoxy) is 6. The van der Waals surface area contributed by atoms with Gasteiger partial charge in [0, 0.05) is 51.6 Å². The lowest BCUT2D eigenvalue weighted by atomic mass is 9.86. The van der Waals surface area contributed by atoms with E-state index in [4.69, 9.17) is 53.1 Å². The summed E-state index contributed by atoms with van der Waals surface area (Å²) in [5.74, 6) is 5.42. The second kappa shape index (κ2) is 48.3. The van der Waals surface area contributed by atoms with Gasteiger partial charge in [-0.2, -0.15) is 0 Å². The van der Waals surface area contributed by atoms with Crippen molar-refractivity contribution in [2.24, 2.45) is 0 Å². The van der Waals surface area contributed by atoms with Crippen molar-refractivity contribution in [2.45, 2.75) is 273 Å². The van der Waals surface area contributed by atoms with Crippen molar-refractivity contribution < 1.29 is 53.1 Å². The van der Waals surface area contributed by atoms with Gasteiger partial charge in [-0.25, -0.2) is 0 Å². The second-order valence-corrected chi connectivity index (χ2v) is 82.2. The lowest BCUT2D eigenvalue weighted by Gasteiger charge is -2.46. The van der Waals surface area contributed by atoms with Gasteiger partial charge in [0.1, 0.15) is 42.7 Å². The average molecular weight is 2130 g/mol. The quantitative estimate of drug-likeness (QED) is 0.0266. The second-order valence-electron chi connectivity index (χ2n) is 42.1. The van der Waals surface area contributed by atoms with Crippen molar-refractivity contribution in [3.63, 3.8) is 0 Å². The average Bonchev–Trinajstić information content (AvgIpc) is 1.50. The SMILES string of the molecule is CCOc1ccc(-c2ccc(-c3ccc(OCCCCCC[Si](C)(O[Si](C)(C)C)O[Si](C)(CCCCCCOc4ccc(-c5csc6c5-c5c(-c7ccc(OCCCCCC[Si](C)(O[Si](C)(C)C)O[Si](C)(CCCCCCOc8ccc(-c9ccc(-c%10ccc(OCC)cc%10)cc9)cc8)O[Si](C)(C)C)cc7)csc5C5(Sc7ccccc7S5)C65Sc6ccccc6S5)cc4)O[Si](C)(C)C)cc3)cc2)cc1. The van der Waals surface area contributed by atoms with E-state index < -0.39 is 67.5 Å². The van der Waals surface area contributed by atoms with Crippen molar-refractivity contribution in [3.8, 4) is 112 Å². The molecule has 0 amide bonds. The van der Waals surface area contributed by atoms with Crippen molar-refractivity contribution in [1.82, 2.24) is 0 Å². The summed E-state index contributed by atoms with van der Waals surface area (Å²) in [6.45, 7) is 45.2. The Morgan fingerprint density at radius 2 is 0.407 bits per heavy atom. The topological polar surface area (TPSA) is 111 Å². The molecule has 15 rings (SSSR count). The van der Waals surface area contributed by atoms with Gasteiger partial charge in [-0.3, -0.25) is 0 Å². The maximum Gasteiger partial charge on any atom is 0.315 e. The van der Waals surface area contributed by atoms with Crippen LogP contribution in [-0.4, -0.2) is 107 Å². The third-order valence-electron chi connectivity index (χ3n) is 25.2. The maximum atomic E-state index is 7.52. The zero-order valence-corrected chi connectivity index (χ0v) is 98.9. The molecule has 4 heterocycles. The Hall–Kier alpha value is -6.70. The van der Waals surface area contributed by atoms with Crippen LogP contribution in [0.5, 0.6) is 34.5 Å². The van der Waals surface area contributed by atoms with Gasteiger partial charge in [0.15, 0.2) is 33.3 Å². The normalized spacial score (nSPS) is 15.5. The standard InChI is InChI=1S/C114H148O12S6Si8/c1-19-115-97-65-53-91(54-66-97)87-45-49-89(50-46-87)93-57-69-99(70-58-93)117-77-33-21-25-37-81-137(15,121-133(3,4)5)125-139(17,123-135(9,10)11)83-39-27-23-35-79-119-101-73-61-95(62-74-101)103-85-127-111-109(103)110-104(86-128-112(110)114(131-107-43-31-32-44-108(107)132-114)113(111)129-105-41-29-30-42-106(105)130-113)96-63-75-102(76-64-96)120-80-36-24-28-40-84-140(18,124-136(12,13)14)126-138(16,122-134(6,7)8)82-38-26-22-34-78-118-100-71-59-94(60-72-100)90-51-47-88(48-52-90)92-55-67-98(68-56-92)116-20-2/h29-32,41-76,85-86H,19-28,33-40,77-84H2,1-18H3. The first-order valence-electron chi connectivity index (χ1n) is 51.1. The highest BCUT2D eigenvalue weighted by molar-refractivity contribution is 8.26. The molecular weight excluding hydrogens is 1980 g/mol. The highest BCUT2D eigenvalue weighted by atomic mass is 32.2. The maximum absolute atomic E-state index is 7.52. The molecule has 2 spiro atoms. The van der Waals surface area contributed by atoms with Crippen LogP contribution in [0.2, 0.25) is 129 Å². The number of benzene rings is 10. The third-order valence-corrected chi connectivity index (χ3v) is 63.8. The van der Waals surface area contributed by atoms with Gasteiger partial charge in [-0.1, -0.05) is 270 Å². The molecule has 140 heavy (non-hydrogen) atoms. The van der Waals surface area contributed by atoms with Crippen LogP contribution >= 0.6 is 69.7 Å². The Morgan fingerprint density at radius 1 is 0.214 bits per heavy atom. The molecule has 1 aliphatic carbocycles. The van der Waals surface area contributed by atoms with Gasteiger partial charge in [-0.15, -0.1) is 22.7 Å². The van der Waals surface area contributed by atoms with Gasteiger partial charge in [-0.05, 0) is 332 Å². The first kappa shape index (κ1) is 108. The summed E-state index contributed by atoms with van der Waals surface area (Å²) in [4.78, 5) is 8.27. The molecule has 2 aliphatic heterocycles. The molecule has 2 aromatic heterocycles. The van der Waals surface area contributed by atoms with E-state index in [0.29, 0.717) is 39.6 Å². The lowest BCUT2D eigenvalue weighted by molar-refractivity contribution is 0.299. The molecule has 0 N–H and O–H groups in total. The van der Waals surface area contributed by atoms with Crippen LogP contribution in [0.1, 0.15) is 126 Å². The summed E-state index contributed by atoms with van der Waals surface area (Å²) < 4.78 is 80.3. The minimum atomic E-state index is -2.62. The van der Waals surface area contributed by atoms with E-state index in [9.17, 15) is 0 Å². The fraction of sp³-hybridized carbons (Fsp3) is 0.404. The van der Waals surface area contributed by atoms with Crippen LogP contribution in [0.4, 0.5) is 0 Å². The molecule has 4 unspecified atom stereocenters. The minimum Gasteiger partial charge on any atom is -0.494 e. The van der Waals surface area contributed by atoms with E-state index in [1.807, 2.05) is 60.8 Å². The van der Waals surface area contributed by atoms with Crippen molar-refractivity contribution >= 4 is 137 Å². The summed E-state index contributed by atoms with van der Waals surface area (Å²) in [5.41, 5.74) is 17.1. The monoisotopic (exact) mass is 2120 g/mol. The number of hydrogen-bond donors (Lipinski definition) is 0. The molecular formula is C114H148O12S6Si8. The van der Waals surface area contributed by atoms with Crippen LogP contribution < -0.4 is 28.4 Å². The smallest absolute Gasteiger partial charge is 0.315 e. The Bertz CT molecular complexity index is 5540. The van der Waals surface area contributed by atoms with Crippen molar-refractivity contribution in [3.05, 3.63) is 263 Å². The highest BCUT2D eigenvalue weighted by Gasteiger charge is 2.67. The molecule has 4 atom stereocenters.